The Labute approximate surface area is 95.8 Å². The molecule has 1 heterocycles. The quantitative estimate of drug-likeness (QED) is 0.832. The molecule has 0 aromatic heterocycles. The molecule has 1 aliphatic heterocycles. The average Bonchev–Trinajstić information content (AvgIpc) is 2.48. The molecule has 16 heavy (non-hydrogen) atoms. The largest absolute Gasteiger partial charge is 0.490 e. The molecule has 0 saturated heterocycles. The van der Waals surface area contributed by atoms with Crippen molar-refractivity contribution in [2.24, 2.45) is 0 Å². The van der Waals surface area contributed by atoms with Crippen LogP contribution in [0.2, 0.25) is 0 Å². The highest BCUT2D eigenvalue weighted by molar-refractivity contribution is 5.41. The van der Waals surface area contributed by atoms with Crippen LogP contribution in [-0.2, 0) is 0 Å². The normalized spacial score (nSPS) is 19.8. The minimum Gasteiger partial charge on any atom is -0.490 e. The third-order valence-electron chi connectivity index (χ3n) is 3.03. The fourth-order valence-electron chi connectivity index (χ4n) is 2.17. The van der Waals surface area contributed by atoms with Crippen molar-refractivity contribution < 1.29 is 9.13 Å². The number of halogens is 1. The van der Waals surface area contributed by atoms with E-state index in [0.29, 0.717) is 17.9 Å². The smallest absolute Gasteiger partial charge is 0.168 e. The summed E-state index contributed by atoms with van der Waals surface area (Å²) in [4.78, 5) is 0. The van der Waals surface area contributed by atoms with Gasteiger partial charge >= 0.3 is 0 Å². The molecule has 1 N–H and O–H groups in total. The van der Waals surface area contributed by atoms with Crippen molar-refractivity contribution in [1.29, 1.82) is 0 Å². The van der Waals surface area contributed by atoms with Gasteiger partial charge in [-0.05, 0) is 31.9 Å². The van der Waals surface area contributed by atoms with E-state index >= 15 is 0 Å². The second-order valence-corrected chi connectivity index (χ2v) is 4.22. The highest BCUT2D eigenvalue weighted by atomic mass is 19.1. The number of nitrogens with one attached hydrogen (secondary N) is 1. The Bertz CT molecular complexity index is 378. The van der Waals surface area contributed by atoms with Gasteiger partial charge in [-0.2, -0.15) is 0 Å². The zero-order chi connectivity index (χ0) is 11.5. The number of aryl methyl sites for hydroxylation is 1. The van der Waals surface area contributed by atoms with Crippen LogP contribution < -0.4 is 10.1 Å². The summed E-state index contributed by atoms with van der Waals surface area (Å²) in [6.07, 6.45) is 1.97. The molecule has 3 heteroatoms. The van der Waals surface area contributed by atoms with E-state index in [1.165, 1.54) is 0 Å². The van der Waals surface area contributed by atoms with Crippen LogP contribution in [0.15, 0.2) is 12.1 Å². The van der Waals surface area contributed by atoms with Crippen molar-refractivity contribution in [3.8, 4) is 5.75 Å². The lowest BCUT2D eigenvalue weighted by atomic mass is 10.0. The maximum atomic E-state index is 13.9. The van der Waals surface area contributed by atoms with Crippen LogP contribution in [0.25, 0.3) is 0 Å². The third kappa shape index (κ3) is 2.05. The van der Waals surface area contributed by atoms with Gasteiger partial charge in [0, 0.05) is 11.6 Å². The molecule has 1 aromatic rings. The van der Waals surface area contributed by atoms with Crippen LogP contribution in [-0.4, -0.2) is 13.2 Å². The van der Waals surface area contributed by atoms with E-state index in [1.54, 1.807) is 6.92 Å². The van der Waals surface area contributed by atoms with Crippen LogP contribution in [0.1, 0.15) is 36.9 Å². The molecule has 0 radical (unpaired) electrons. The molecular weight excluding hydrogens is 205 g/mol. The Kier molecular flexibility index (Phi) is 3.44. The Morgan fingerprint density at radius 3 is 3.06 bits per heavy atom. The van der Waals surface area contributed by atoms with Gasteiger partial charge in [0.2, 0.25) is 0 Å². The zero-order valence-electron chi connectivity index (χ0n) is 9.85. The van der Waals surface area contributed by atoms with Gasteiger partial charge in [0.1, 0.15) is 0 Å². The molecule has 0 fully saturated rings. The van der Waals surface area contributed by atoms with E-state index in [-0.39, 0.29) is 11.9 Å². The standard InChI is InChI=1S/C13H18FNO/c1-3-15-11-5-4-8-16-13-10(11)7-6-9(2)12(13)14/h6-7,11,15H,3-5,8H2,1-2H3. The molecule has 0 aliphatic carbocycles. The van der Waals surface area contributed by atoms with Crippen LogP contribution in [0.4, 0.5) is 4.39 Å². The summed E-state index contributed by atoms with van der Waals surface area (Å²) in [5.41, 5.74) is 1.61. The Morgan fingerprint density at radius 2 is 2.31 bits per heavy atom. The number of rotatable bonds is 2. The molecule has 88 valence electrons. The van der Waals surface area contributed by atoms with Gasteiger partial charge in [-0.25, -0.2) is 4.39 Å². The minimum absolute atomic E-state index is 0.206. The molecule has 1 unspecified atom stereocenters. The molecular formula is C13H18FNO. The second-order valence-electron chi connectivity index (χ2n) is 4.22. The summed E-state index contributed by atoms with van der Waals surface area (Å²) in [7, 11) is 0. The molecule has 2 rings (SSSR count). The van der Waals surface area contributed by atoms with Crippen LogP contribution >= 0.6 is 0 Å². The summed E-state index contributed by atoms with van der Waals surface area (Å²) < 4.78 is 19.4. The predicted octanol–water partition coefficient (Wildman–Crippen LogP) is 2.96. The van der Waals surface area contributed by atoms with Crippen molar-refractivity contribution in [2.45, 2.75) is 32.7 Å². The summed E-state index contributed by atoms with van der Waals surface area (Å²) in [5, 5.41) is 3.38. The van der Waals surface area contributed by atoms with Crippen molar-refractivity contribution in [3.63, 3.8) is 0 Å². The maximum absolute atomic E-state index is 13.9. The molecule has 2 nitrogen and oxygen atoms in total. The summed E-state index contributed by atoms with van der Waals surface area (Å²) in [5.74, 6) is 0.241. The average molecular weight is 223 g/mol. The molecule has 0 amide bonds. The summed E-state index contributed by atoms with van der Waals surface area (Å²) in [6.45, 7) is 5.33. The summed E-state index contributed by atoms with van der Waals surface area (Å²) in [6, 6.07) is 4.03. The van der Waals surface area contributed by atoms with Crippen molar-refractivity contribution in [1.82, 2.24) is 5.32 Å². The van der Waals surface area contributed by atoms with E-state index in [0.717, 1.165) is 24.9 Å². The first kappa shape index (κ1) is 11.4. The van der Waals surface area contributed by atoms with Gasteiger partial charge in [0.25, 0.3) is 0 Å². The second kappa shape index (κ2) is 4.83. The molecule has 1 aliphatic rings. The van der Waals surface area contributed by atoms with E-state index in [4.69, 9.17) is 4.74 Å². The first-order valence-electron chi connectivity index (χ1n) is 5.89. The molecule has 1 atom stereocenters. The lowest BCUT2D eigenvalue weighted by Crippen LogP contribution is -2.20. The summed E-state index contributed by atoms with van der Waals surface area (Å²) >= 11 is 0. The van der Waals surface area contributed by atoms with E-state index in [1.807, 2.05) is 12.1 Å². The predicted molar refractivity (Wildman–Crippen MR) is 62.3 cm³/mol. The fraction of sp³-hybridized carbons (Fsp3) is 0.538. The van der Waals surface area contributed by atoms with E-state index < -0.39 is 0 Å². The highest BCUT2D eigenvalue weighted by Gasteiger charge is 2.22. The fourth-order valence-corrected chi connectivity index (χ4v) is 2.17. The van der Waals surface area contributed by atoms with Gasteiger partial charge < -0.3 is 10.1 Å². The topological polar surface area (TPSA) is 21.3 Å². The van der Waals surface area contributed by atoms with Crippen molar-refractivity contribution >= 4 is 0 Å². The minimum atomic E-state index is -0.206. The van der Waals surface area contributed by atoms with Crippen molar-refractivity contribution in [2.75, 3.05) is 13.2 Å². The van der Waals surface area contributed by atoms with Crippen LogP contribution in [0, 0.1) is 12.7 Å². The van der Waals surface area contributed by atoms with Gasteiger partial charge in [0.05, 0.1) is 6.61 Å². The number of hydrogen-bond donors (Lipinski definition) is 1. The lowest BCUT2D eigenvalue weighted by Gasteiger charge is -2.18. The monoisotopic (exact) mass is 223 g/mol. The molecule has 0 spiro atoms. The van der Waals surface area contributed by atoms with Gasteiger partial charge in [-0.15, -0.1) is 0 Å². The number of benzene rings is 1. The molecule has 0 bridgehead atoms. The zero-order valence-corrected chi connectivity index (χ0v) is 9.85. The third-order valence-corrected chi connectivity index (χ3v) is 3.03. The Hall–Kier alpha value is -1.09. The molecule has 0 saturated carbocycles. The Morgan fingerprint density at radius 1 is 1.50 bits per heavy atom. The van der Waals surface area contributed by atoms with E-state index in [2.05, 4.69) is 12.2 Å². The lowest BCUT2D eigenvalue weighted by molar-refractivity contribution is 0.300. The van der Waals surface area contributed by atoms with Gasteiger partial charge in [-0.3, -0.25) is 0 Å². The SMILES string of the molecule is CCNC1CCCOc2c1ccc(C)c2F. The first-order valence-corrected chi connectivity index (χ1v) is 5.89. The van der Waals surface area contributed by atoms with Gasteiger partial charge in [-0.1, -0.05) is 19.1 Å². The van der Waals surface area contributed by atoms with Crippen LogP contribution in [0.5, 0.6) is 5.75 Å². The van der Waals surface area contributed by atoms with Gasteiger partial charge in [0.15, 0.2) is 11.6 Å². The number of ether oxygens (including phenoxy) is 1. The van der Waals surface area contributed by atoms with Crippen LogP contribution in [0.3, 0.4) is 0 Å². The Balaban J connectivity index is 2.42. The number of fused-ring (bicyclic) bond motifs is 1. The first-order chi connectivity index (χ1) is 7.74. The number of hydrogen-bond acceptors (Lipinski definition) is 2. The van der Waals surface area contributed by atoms with E-state index in [9.17, 15) is 4.39 Å². The highest BCUT2D eigenvalue weighted by Crippen LogP contribution is 2.34. The maximum Gasteiger partial charge on any atom is 0.168 e. The molecule has 1 aromatic carbocycles. The van der Waals surface area contributed by atoms with Crippen molar-refractivity contribution in [3.05, 3.63) is 29.1 Å².